The maximum atomic E-state index is 11.6. The summed E-state index contributed by atoms with van der Waals surface area (Å²) in [4.78, 5) is 11.6. The number of hydrogen-bond donors (Lipinski definition) is 2. The molecule has 0 saturated carbocycles. The van der Waals surface area contributed by atoms with Crippen LogP contribution in [0.5, 0.6) is 0 Å². The molecule has 0 aliphatic rings. The molecule has 0 aliphatic heterocycles. The summed E-state index contributed by atoms with van der Waals surface area (Å²) >= 11 is 0. The first-order valence-electron chi connectivity index (χ1n) is 4.91. The van der Waals surface area contributed by atoms with Crippen molar-refractivity contribution in [2.45, 2.75) is 20.3 Å². The lowest BCUT2D eigenvalue weighted by Crippen LogP contribution is -2.27. The number of aliphatic hydroxyl groups is 1. The predicted octanol–water partition coefficient (Wildman–Crippen LogP) is 0.0695. The van der Waals surface area contributed by atoms with Gasteiger partial charge in [-0.1, -0.05) is 6.92 Å². The molecule has 0 radical (unpaired) electrons. The van der Waals surface area contributed by atoms with Crippen molar-refractivity contribution in [3.05, 3.63) is 23.0 Å². The fourth-order valence-corrected chi connectivity index (χ4v) is 1.24. The first-order valence-corrected chi connectivity index (χ1v) is 4.91. The van der Waals surface area contributed by atoms with Crippen LogP contribution in [0.4, 0.5) is 0 Å². The van der Waals surface area contributed by atoms with Crippen molar-refractivity contribution in [2.24, 2.45) is 0 Å². The Labute approximate surface area is 88.5 Å². The van der Waals surface area contributed by atoms with Crippen LogP contribution in [0.1, 0.15) is 28.7 Å². The van der Waals surface area contributed by atoms with E-state index in [0.717, 1.165) is 0 Å². The van der Waals surface area contributed by atoms with E-state index in [1.807, 2.05) is 6.92 Å². The highest BCUT2D eigenvalue weighted by atomic mass is 16.3. The van der Waals surface area contributed by atoms with Gasteiger partial charge in [-0.15, -0.1) is 0 Å². The number of carbonyl (C=O) groups excluding carboxylic acids is 1. The molecule has 2 N–H and O–H groups in total. The van der Waals surface area contributed by atoms with Gasteiger partial charge in [-0.05, 0) is 19.4 Å². The van der Waals surface area contributed by atoms with E-state index in [-0.39, 0.29) is 19.1 Å². The number of nitrogens with one attached hydrogen (secondary N) is 1. The fourth-order valence-electron chi connectivity index (χ4n) is 1.24. The molecule has 1 aromatic heterocycles. The summed E-state index contributed by atoms with van der Waals surface area (Å²) in [6.07, 6.45) is 0.662. The molecule has 5 heteroatoms. The molecule has 0 spiro atoms. The van der Waals surface area contributed by atoms with Gasteiger partial charge in [0.15, 0.2) is 0 Å². The standard InChI is InChI=1S/C10H15N3O2/c1-3-9-8(6-7(2)12-13-9)10(15)11-4-5-14/h6,14H,3-5H2,1-2H3,(H,11,15). The minimum Gasteiger partial charge on any atom is -0.395 e. The van der Waals surface area contributed by atoms with E-state index >= 15 is 0 Å². The number of aromatic nitrogens is 2. The lowest BCUT2D eigenvalue weighted by atomic mass is 10.1. The minimum atomic E-state index is -0.209. The fraction of sp³-hybridized carbons (Fsp3) is 0.500. The highest BCUT2D eigenvalue weighted by Crippen LogP contribution is 2.06. The Morgan fingerprint density at radius 3 is 2.87 bits per heavy atom. The molecule has 15 heavy (non-hydrogen) atoms. The number of aryl methyl sites for hydroxylation is 2. The predicted molar refractivity (Wildman–Crippen MR) is 55.6 cm³/mol. The monoisotopic (exact) mass is 209 g/mol. The van der Waals surface area contributed by atoms with Crippen molar-refractivity contribution in [2.75, 3.05) is 13.2 Å². The summed E-state index contributed by atoms with van der Waals surface area (Å²) in [7, 11) is 0. The van der Waals surface area contributed by atoms with Gasteiger partial charge in [-0.2, -0.15) is 10.2 Å². The average Bonchev–Trinajstić information content (AvgIpc) is 2.25. The largest absolute Gasteiger partial charge is 0.395 e. The van der Waals surface area contributed by atoms with Crippen LogP contribution in [-0.2, 0) is 6.42 Å². The maximum Gasteiger partial charge on any atom is 0.253 e. The summed E-state index contributed by atoms with van der Waals surface area (Å²) in [5.41, 5.74) is 1.93. The summed E-state index contributed by atoms with van der Waals surface area (Å²) in [6, 6.07) is 1.71. The third kappa shape index (κ3) is 2.99. The van der Waals surface area contributed by atoms with Gasteiger partial charge in [0.25, 0.3) is 5.91 Å². The molecule has 0 aromatic carbocycles. The summed E-state index contributed by atoms with van der Waals surface area (Å²) in [5.74, 6) is -0.209. The van der Waals surface area contributed by atoms with Gasteiger partial charge in [0.05, 0.1) is 23.6 Å². The zero-order chi connectivity index (χ0) is 11.3. The highest BCUT2D eigenvalue weighted by Gasteiger charge is 2.11. The molecular weight excluding hydrogens is 194 g/mol. The van der Waals surface area contributed by atoms with Gasteiger partial charge in [-0.3, -0.25) is 4.79 Å². The second-order valence-electron chi connectivity index (χ2n) is 3.18. The Morgan fingerprint density at radius 2 is 2.27 bits per heavy atom. The number of hydrogen-bond acceptors (Lipinski definition) is 4. The second kappa shape index (κ2) is 5.41. The Hall–Kier alpha value is -1.49. The lowest BCUT2D eigenvalue weighted by molar-refractivity contribution is 0.0943. The zero-order valence-electron chi connectivity index (χ0n) is 8.95. The van der Waals surface area contributed by atoms with Gasteiger partial charge in [0.2, 0.25) is 0 Å². The maximum absolute atomic E-state index is 11.6. The third-order valence-corrected chi connectivity index (χ3v) is 1.97. The first kappa shape index (κ1) is 11.6. The topological polar surface area (TPSA) is 75.1 Å². The number of aliphatic hydroxyl groups excluding tert-OH is 1. The van der Waals surface area contributed by atoms with Gasteiger partial charge < -0.3 is 10.4 Å². The smallest absolute Gasteiger partial charge is 0.253 e. The number of carbonyl (C=O) groups is 1. The molecule has 0 saturated heterocycles. The molecule has 1 amide bonds. The summed E-state index contributed by atoms with van der Waals surface area (Å²) in [6.45, 7) is 3.89. The third-order valence-electron chi connectivity index (χ3n) is 1.97. The van der Waals surface area contributed by atoms with Crippen molar-refractivity contribution < 1.29 is 9.90 Å². The molecule has 0 fully saturated rings. The second-order valence-corrected chi connectivity index (χ2v) is 3.18. The lowest BCUT2D eigenvalue weighted by Gasteiger charge is -2.07. The molecule has 82 valence electrons. The van der Waals surface area contributed by atoms with Gasteiger partial charge in [-0.25, -0.2) is 0 Å². The van der Waals surface area contributed by atoms with Crippen molar-refractivity contribution >= 4 is 5.91 Å². The summed E-state index contributed by atoms with van der Waals surface area (Å²) < 4.78 is 0. The van der Waals surface area contributed by atoms with E-state index in [2.05, 4.69) is 15.5 Å². The van der Waals surface area contributed by atoms with Crippen LogP contribution in [0.15, 0.2) is 6.07 Å². The van der Waals surface area contributed by atoms with Crippen molar-refractivity contribution in [1.82, 2.24) is 15.5 Å². The average molecular weight is 209 g/mol. The van der Waals surface area contributed by atoms with Crippen LogP contribution in [0.2, 0.25) is 0 Å². The Balaban J connectivity index is 2.90. The number of rotatable bonds is 4. The van der Waals surface area contributed by atoms with Crippen LogP contribution < -0.4 is 5.32 Å². The van der Waals surface area contributed by atoms with E-state index in [1.54, 1.807) is 13.0 Å². The Kier molecular flexibility index (Phi) is 4.17. The van der Waals surface area contributed by atoms with Crippen molar-refractivity contribution in [3.8, 4) is 0 Å². The van der Waals surface area contributed by atoms with Crippen LogP contribution in [0, 0.1) is 6.92 Å². The van der Waals surface area contributed by atoms with Crippen LogP contribution >= 0.6 is 0 Å². The van der Waals surface area contributed by atoms with E-state index in [1.165, 1.54) is 0 Å². The molecule has 0 bridgehead atoms. The zero-order valence-corrected chi connectivity index (χ0v) is 8.95. The Morgan fingerprint density at radius 1 is 1.53 bits per heavy atom. The molecule has 0 atom stereocenters. The van der Waals surface area contributed by atoms with Crippen LogP contribution in [-0.4, -0.2) is 34.4 Å². The van der Waals surface area contributed by atoms with Crippen molar-refractivity contribution in [3.63, 3.8) is 0 Å². The van der Waals surface area contributed by atoms with Crippen LogP contribution in [0.3, 0.4) is 0 Å². The van der Waals surface area contributed by atoms with Gasteiger partial charge in [0.1, 0.15) is 0 Å². The molecular formula is C10H15N3O2. The molecule has 5 nitrogen and oxygen atoms in total. The normalized spacial score (nSPS) is 10.1. The van der Waals surface area contributed by atoms with Crippen molar-refractivity contribution in [1.29, 1.82) is 0 Å². The molecule has 0 aliphatic carbocycles. The van der Waals surface area contributed by atoms with Gasteiger partial charge in [0, 0.05) is 6.54 Å². The molecule has 1 heterocycles. The van der Waals surface area contributed by atoms with E-state index < -0.39 is 0 Å². The highest BCUT2D eigenvalue weighted by molar-refractivity contribution is 5.95. The molecule has 1 rings (SSSR count). The quantitative estimate of drug-likeness (QED) is 0.735. The number of nitrogens with zero attached hydrogens (tertiary/aromatic N) is 2. The number of amides is 1. The van der Waals surface area contributed by atoms with Crippen LogP contribution in [0.25, 0.3) is 0 Å². The minimum absolute atomic E-state index is 0.0648. The van der Waals surface area contributed by atoms with E-state index in [0.29, 0.717) is 23.4 Å². The SMILES string of the molecule is CCc1nnc(C)cc1C(=O)NCCO. The first-order chi connectivity index (χ1) is 7.19. The summed E-state index contributed by atoms with van der Waals surface area (Å²) in [5, 5.41) is 19.0. The molecule has 0 unspecified atom stereocenters. The van der Waals surface area contributed by atoms with Gasteiger partial charge >= 0.3 is 0 Å². The Bertz CT molecular complexity index is 353. The van der Waals surface area contributed by atoms with E-state index in [4.69, 9.17) is 5.11 Å². The van der Waals surface area contributed by atoms with E-state index in [9.17, 15) is 4.79 Å². The molecule has 1 aromatic rings.